The summed E-state index contributed by atoms with van der Waals surface area (Å²) in [4.78, 5) is 13.5. The first-order chi connectivity index (χ1) is 18.6. The van der Waals surface area contributed by atoms with Gasteiger partial charge in [-0.25, -0.2) is 15.0 Å². The first-order valence-corrected chi connectivity index (χ1v) is 12.8. The Labute approximate surface area is 218 Å². The highest BCUT2D eigenvalue weighted by Crippen LogP contribution is 2.37. The molecule has 3 atom stereocenters. The van der Waals surface area contributed by atoms with Crippen LogP contribution in [0.1, 0.15) is 23.8 Å². The Hall–Kier alpha value is -4.11. The zero-order chi connectivity index (χ0) is 25.8. The molecule has 0 amide bonds. The van der Waals surface area contributed by atoms with E-state index in [1.807, 2.05) is 0 Å². The van der Waals surface area contributed by atoms with E-state index in [9.17, 15) is 10.2 Å². The van der Waals surface area contributed by atoms with E-state index in [4.69, 9.17) is 4.74 Å². The van der Waals surface area contributed by atoms with Crippen LogP contribution in [-0.4, -0.2) is 48.5 Å². The van der Waals surface area contributed by atoms with Gasteiger partial charge < -0.3 is 20.3 Å². The molecule has 2 aromatic heterocycles. The smallest absolute Gasteiger partial charge is 0.167 e. The van der Waals surface area contributed by atoms with E-state index in [-0.39, 0.29) is 6.61 Å². The number of fused-ring (bicyclic) bond motifs is 5. The first-order valence-electron chi connectivity index (χ1n) is 12.8. The number of imidazole rings is 1. The van der Waals surface area contributed by atoms with Crippen LogP contribution in [0, 0.1) is 6.92 Å². The van der Waals surface area contributed by atoms with Crippen molar-refractivity contribution < 1.29 is 14.9 Å². The van der Waals surface area contributed by atoms with E-state index < -0.39 is 18.4 Å². The maximum absolute atomic E-state index is 10.2. The van der Waals surface area contributed by atoms with Crippen molar-refractivity contribution in [2.75, 3.05) is 11.9 Å². The standard InChI is InChI=1S/C30H27N5O3/c1-17-19-7-4-5-9-21(19)23(22-11-10-18-6-2-3-8-20(18)27(17)22)13-31-29-28-30(33-15-32-29)35(16-34-28)26-12-24(37)25(14-36)38-26/h2-11,15-16,24-26,36-37H,12-14H2,1H3,(H,31,32,33). The van der Waals surface area contributed by atoms with Crippen LogP contribution >= 0.6 is 0 Å². The third kappa shape index (κ3) is 3.53. The van der Waals surface area contributed by atoms with Crippen LogP contribution in [0.25, 0.3) is 43.5 Å². The van der Waals surface area contributed by atoms with Crippen molar-refractivity contribution in [3.63, 3.8) is 0 Å². The molecule has 8 heteroatoms. The molecular formula is C30H27N5O3. The van der Waals surface area contributed by atoms with Gasteiger partial charge in [0.15, 0.2) is 17.0 Å². The third-order valence-electron chi connectivity index (χ3n) is 7.77. The number of hydrogen-bond acceptors (Lipinski definition) is 7. The highest BCUT2D eigenvalue weighted by molar-refractivity contribution is 6.16. The van der Waals surface area contributed by atoms with E-state index in [0.717, 1.165) is 0 Å². The van der Waals surface area contributed by atoms with Gasteiger partial charge in [0.05, 0.1) is 19.0 Å². The molecule has 3 heterocycles. The number of aromatic nitrogens is 4. The van der Waals surface area contributed by atoms with Gasteiger partial charge in [0.1, 0.15) is 18.7 Å². The van der Waals surface area contributed by atoms with Crippen LogP contribution in [0.2, 0.25) is 0 Å². The number of nitrogens with one attached hydrogen (secondary N) is 1. The summed E-state index contributed by atoms with van der Waals surface area (Å²) in [5.74, 6) is 0.629. The second-order valence-electron chi connectivity index (χ2n) is 9.87. The Morgan fingerprint density at radius 2 is 1.74 bits per heavy atom. The summed E-state index contributed by atoms with van der Waals surface area (Å²) >= 11 is 0. The third-order valence-corrected chi connectivity index (χ3v) is 7.77. The van der Waals surface area contributed by atoms with E-state index in [2.05, 4.69) is 87.9 Å². The van der Waals surface area contributed by atoms with Gasteiger partial charge in [-0.15, -0.1) is 0 Å². The van der Waals surface area contributed by atoms with Crippen LogP contribution in [0.15, 0.2) is 73.3 Å². The molecule has 4 aromatic carbocycles. The zero-order valence-corrected chi connectivity index (χ0v) is 20.9. The molecule has 0 spiro atoms. The van der Waals surface area contributed by atoms with Crippen molar-refractivity contribution in [2.24, 2.45) is 0 Å². The molecule has 7 rings (SSSR count). The summed E-state index contributed by atoms with van der Waals surface area (Å²) in [6.07, 6.45) is 1.73. The summed E-state index contributed by atoms with van der Waals surface area (Å²) in [6.45, 7) is 2.53. The fourth-order valence-electron chi connectivity index (χ4n) is 5.88. The molecule has 0 bridgehead atoms. The molecule has 6 aromatic rings. The van der Waals surface area contributed by atoms with Crippen molar-refractivity contribution in [2.45, 2.75) is 38.3 Å². The van der Waals surface area contributed by atoms with Crippen molar-refractivity contribution in [3.8, 4) is 0 Å². The Bertz CT molecular complexity index is 1830. The molecule has 38 heavy (non-hydrogen) atoms. The lowest BCUT2D eigenvalue weighted by Crippen LogP contribution is -2.24. The highest BCUT2D eigenvalue weighted by Gasteiger charge is 2.35. The summed E-state index contributed by atoms with van der Waals surface area (Å²) in [6, 6.07) is 21.5. The lowest BCUT2D eigenvalue weighted by atomic mass is 9.89. The maximum Gasteiger partial charge on any atom is 0.167 e. The van der Waals surface area contributed by atoms with Crippen LogP contribution < -0.4 is 5.32 Å². The zero-order valence-electron chi connectivity index (χ0n) is 20.9. The number of aryl methyl sites for hydroxylation is 1. The van der Waals surface area contributed by atoms with Gasteiger partial charge in [0.2, 0.25) is 0 Å². The van der Waals surface area contributed by atoms with Gasteiger partial charge in [0, 0.05) is 13.0 Å². The SMILES string of the molecule is Cc1c2ccccc2c(CNc2ncnc3c2ncn3C2CC(O)C(CO)O2)c2ccc3ccccc3c12. The Morgan fingerprint density at radius 3 is 2.55 bits per heavy atom. The maximum atomic E-state index is 10.2. The number of benzene rings is 4. The molecule has 1 saturated heterocycles. The molecule has 8 nitrogen and oxygen atoms in total. The number of aliphatic hydroxyl groups excluding tert-OH is 2. The lowest BCUT2D eigenvalue weighted by molar-refractivity contribution is -0.0432. The van der Waals surface area contributed by atoms with Crippen LogP contribution in [0.5, 0.6) is 0 Å². The number of ether oxygens (including phenoxy) is 1. The van der Waals surface area contributed by atoms with Crippen molar-refractivity contribution in [1.29, 1.82) is 0 Å². The van der Waals surface area contributed by atoms with Gasteiger partial charge in [-0.3, -0.25) is 4.57 Å². The molecule has 3 unspecified atom stereocenters. The van der Waals surface area contributed by atoms with Gasteiger partial charge in [-0.05, 0) is 50.4 Å². The van der Waals surface area contributed by atoms with Gasteiger partial charge >= 0.3 is 0 Å². The highest BCUT2D eigenvalue weighted by atomic mass is 16.5. The second-order valence-corrected chi connectivity index (χ2v) is 9.87. The normalized spacial score (nSPS) is 19.7. The fraction of sp³-hybridized carbons (Fsp3) is 0.233. The van der Waals surface area contributed by atoms with E-state index in [1.165, 1.54) is 49.8 Å². The van der Waals surface area contributed by atoms with Crippen LogP contribution in [0.4, 0.5) is 5.82 Å². The number of anilines is 1. The van der Waals surface area contributed by atoms with E-state index >= 15 is 0 Å². The second kappa shape index (κ2) is 9.02. The largest absolute Gasteiger partial charge is 0.394 e. The van der Waals surface area contributed by atoms with Gasteiger partial charge in [-0.2, -0.15) is 0 Å². The molecule has 3 N–H and O–H groups in total. The predicted octanol–water partition coefficient (Wildman–Crippen LogP) is 4.85. The molecule has 0 aliphatic carbocycles. The Morgan fingerprint density at radius 1 is 0.947 bits per heavy atom. The van der Waals surface area contributed by atoms with Crippen molar-refractivity contribution in [1.82, 2.24) is 19.5 Å². The lowest BCUT2D eigenvalue weighted by Gasteiger charge is -2.17. The minimum absolute atomic E-state index is 0.236. The van der Waals surface area contributed by atoms with Gasteiger partial charge in [-0.1, -0.05) is 60.7 Å². The summed E-state index contributed by atoms with van der Waals surface area (Å²) in [5.41, 5.74) is 3.72. The minimum atomic E-state index is -0.735. The van der Waals surface area contributed by atoms with E-state index in [0.29, 0.717) is 29.9 Å². The summed E-state index contributed by atoms with van der Waals surface area (Å²) in [7, 11) is 0. The molecule has 1 aliphatic rings. The topological polar surface area (TPSA) is 105 Å². The quantitative estimate of drug-likeness (QED) is 0.227. The fourth-order valence-corrected chi connectivity index (χ4v) is 5.88. The first kappa shape index (κ1) is 23.0. The molecular weight excluding hydrogens is 478 g/mol. The molecule has 0 saturated carbocycles. The average molecular weight is 506 g/mol. The summed E-state index contributed by atoms with van der Waals surface area (Å²) in [5, 5.41) is 30.6. The molecule has 1 aliphatic heterocycles. The number of nitrogens with zero attached hydrogens (tertiary/aromatic N) is 4. The van der Waals surface area contributed by atoms with Crippen molar-refractivity contribution in [3.05, 3.63) is 84.4 Å². The Balaban J connectivity index is 1.31. The van der Waals surface area contributed by atoms with Crippen molar-refractivity contribution >= 4 is 49.3 Å². The molecule has 190 valence electrons. The molecule has 0 radical (unpaired) electrons. The average Bonchev–Trinajstić information content (AvgIpc) is 3.56. The number of hydrogen-bond donors (Lipinski definition) is 3. The van der Waals surface area contributed by atoms with Gasteiger partial charge in [0.25, 0.3) is 0 Å². The van der Waals surface area contributed by atoms with Crippen LogP contribution in [0.3, 0.4) is 0 Å². The minimum Gasteiger partial charge on any atom is -0.394 e. The number of rotatable bonds is 5. The number of aliphatic hydroxyl groups is 2. The van der Waals surface area contributed by atoms with Crippen LogP contribution in [-0.2, 0) is 11.3 Å². The predicted molar refractivity (Wildman–Crippen MR) is 148 cm³/mol. The summed E-state index contributed by atoms with van der Waals surface area (Å²) < 4.78 is 7.62. The van der Waals surface area contributed by atoms with E-state index in [1.54, 1.807) is 10.9 Å². The molecule has 1 fully saturated rings. The monoisotopic (exact) mass is 505 g/mol. The Kier molecular flexibility index (Phi) is 5.47.